The molecule has 0 bridgehead atoms. The van der Waals surface area contributed by atoms with Crippen molar-refractivity contribution in [2.24, 2.45) is 0 Å². The lowest BCUT2D eigenvalue weighted by Gasteiger charge is -2.29. The van der Waals surface area contributed by atoms with Gasteiger partial charge >= 0.3 is 0 Å². The molecule has 0 aromatic heterocycles. The number of hydrogen-bond donors (Lipinski definition) is 1. The smallest absolute Gasteiger partial charge is 0.164 e. The maximum atomic E-state index is 11.9. The van der Waals surface area contributed by atoms with Crippen molar-refractivity contribution in [2.75, 3.05) is 6.54 Å². The Morgan fingerprint density at radius 3 is 2.75 bits per heavy atom. The lowest BCUT2D eigenvalue weighted by atomic mass is 9.97. The summed E-state index contributed by atoms with van der Waals surface area (Å²) < 4.78 is 0. The van der Waals surface area contributed by atoms with E-state index in [2.05, 4.69) is 0 Å². The Balaban J connectivity index is 1.96. The number of piperidine rings is 1. The van der Waals surface area contributed by atoms with Crippen molar-refractivity contribution in [3.63, 3.8) is 0 Å². The molecule has 1 aliphatic heterocycles. The Kier molecular flexibility index (Phi) is 3.70. The molecule has 86 valence electrons. The van der Waals surface area contributed by atoms with Crippen LogP contribution in [-0.2, 0) is 0 Å². The third-order valence-electron chi connectivity index (χ3n) is 3.11. The summed E-state index contributed by atoms with van der Waals surface area (Å²) >= 11 is 0. The first-order valence-corrected chi connectivity index (χ1v) is 5.81. The van der Waals surface area contributed by atoms with Crippen molar-refractivity contribution in [2.45, 2.75) is 31.7 Å². The first-order valence-electron chi connectivity index (χ1n) is 5.81. The molecule has 0 radical (unpaired) electrons. The molecule has 1 aromatic carbocycles. The van der Waals surface area contributed by atoms with Gasteiger partial charge in [-0.1, -0.05) is 36.8 Å². The van der Waals surface area contributed by atoms with Crippen LogP contribution in [0.25, 0.3) is 0 Å². The average molecular weight is 219 g/mol. The summed E-state index contributed by atoms with van der Waals surface area (Å²) in [6.45, 7) is 0.687. The molecule has 0 aliphatic carbocycles. The van der Waals surface area contributed by atoms with Crippen LogP contribution in [0.5, 0.6) is 0 Å². The van der Waals surface area contributed by atoms with Crippen LogP contribution in [0.4, 0.5) is 0 Å². The minimum atomic E-state index is 0.00135. The van der Waals surface area contributed by atoms with Crippen molar-refractivity contribution in [1.82, 2.24) is 5.06 Å². The molecule has 16 heavy (non-hydrogen) atoms. The fraction of sp³-hybridized carbons (Fsp3) is 0.462. The molecular formula is C13H17NO2. The molecule has 1 N–H and O–H groups in total. The SMILES string of the molecule is O=C(C[C@@H]1CCCCN1O)c1ccccc1. The quantitative estimate of drug-likeness (QED) is 0.794. The van der Waals surface area contributed by atoms with E-state index in [0.717, 1.165) is 24.8 Å². The van der Waals surface area contributed by atoms with E-state index in [9.17, 15) is 10.0 Å². The van der Waals surface area contributed by atoms with Crippen LogP contribution in [0.2, 0.25) is 0 Å². The van der Waals surface area contributed by atoms with E-state index in [4.69, 9.17) is 0 Å². The summed E-state index contributed by atoms with van der Waals surface area (Å²) in [4.78, 5) is 11.9. The van der Waals surface area contributed by atoms with Crippen LogP contribution in [-0.4, -0.2) is 28.6 Å². The van der Waals surface area contributed by atoms with Crippen LogP contribution in [0, 0.1) is 0 Å². The van der Waals surface area contributed by atoms with Crippen LogP contribution < -0.4 is 0 Å². The van der Waals surface area contributed by atoms with Crippen molar-refractivity contribution >= 4 is 5.78 Å². The highest BCUT2D eigenvalue weighted by molar-refractivity contribution is 5.96. The Bertz CT molecular complexity index is 350. The zero-order valence-corrected chi connectivity index (χ0v) is 9.30. The van der Waals surface area contributed by atoms with Crippen molar-refractivity contribution in [3.8, 4) is 0 Å². The monoisotopic (exact) mass is 219 g/mol. The van der Waals surface area contributed by atoms with Gasteiger partial charge in [0.05, 0.1) is 0 Å². The third kappa shape index (κ3) is 2.68. The van der Waals surface area contributed by atoms with E-state index in [1.807, 2.05) is 30.3 Å². The average Bonchev–Trinajstić information content (AvgIpc) is 2.33. The fourth-order valence-electron chi connectivity index (χ4n) is 2.15. The highest BCUT2D eigenvalue weighted by atomic mass is 16.5. The number of rotatable bonds is 3. The summed E-state index contributed by atoms with van der Waals surface area (Å²) in [6, 6.07) is 9.28. The zero-order chi connectivity index (χ0) is 11.4. The number of ketones is 1. The molecular weight excluding hydrogens is 202 g/mol. The highest BCUT2D eigenvalue weighted by Gasteiger charge is 2.23. The molecule has 1 saturated heterocycles. The standard InChI is InChI=1S/C13H17NO2/c15-13(11-6-2-1-3-7-11)10-12-8-4-5-9-14(12)16/h1-3,6-7,12,16H,4-5,8-10H2/t12-/m0/s1. The van der Waals surface area contributed by atoms with Gasteiger partial charge in [-0.15, -0.1) is 0 Å². The lowest BCUT2D eigenvalue weighted by Crippen LogP contribution is -2.38. The maximum Gasteiger partial charge on any atom is 0.164 e. The van der Waals surface area contributed by atoms with Gasteiger partial charge in [0, 0.05) is 24.6 Å². The molecule has 0 amide bonds. The van der Waals surface area contributed by atoms with Gasteiger partial charge in [0.15, 0.2) is 5.78 Å². The largest absolute Gasteiger partial charge is 0.314 e. The van der Waals surface area contributed by atoms with Crippen LogP contribution in [0.1, 0.15) is 36.0 Å². The predicted octanol–water partition coefficient (Wildman–Crippen LogP) is 2.50. The molecule has 3 heteroatoms. The van der Waals surface area contributed by atoms with Gasteiger partial charge in [0.2, 0.25) is 0 Å². The minimum absolute atomic E-state index is 0.00135. The highest BCUT2D eigenvalue weighted by Crippen LogP contribution is 2.19. The molecule has 1 fully saturated rings. The molecule has 1 aromatic rings. The normalized spacial score (nSPS) is 21.9. The molecule has 1 atom stereocenters. The van der Waals surface area contributed by atoms with Gasteiger partial charge in [-0.2, -0.15) is 5.06 Å². The third-order valence-corrected chi connectivity index (χ3v) is 3.11. The van der Waals surface area contributed by atoms with Gasteiger partial charge in [0.25, 0.3) is 0 Å². The Morgan fingerprint density at radius 2 is 2.06 bits per heavy atom. The summed E-state index contributed by atoms with van der Waals surface area (Å²) in [7, 11) is 0. The molecule has 2 rings (SSSR count). The minimum Gasteiger partial charge on any atom is -0.314 e. The van der Waals surface area contributed by atoms with Gasteiger partial charge < -0.3 is 5.21 Å². The maximum absolute atomic E-state index is 11.9. The van der Waals surface area contributed by atoms with Crippen molar-refractivity contribution < 1.29 is 10.0 Å². The van der Waals surface area contributed by atoms with Crippen LogP contribution >= 0.6 is 0 Å². The van der Waals surface area contributed by atoms with Crippen LogP contribution in [0.3, 0.4) is 0 Å². The Morgan fingerprint density at radius 1 is 1.31 bits per heavy atom. The molecule has 1 aliphatic rings. The molecule has 0 saturated carbocycles. The summed E-state index contributed by atoms with van der Waals surface area (Å²) in [6.07, 6.45) is 3.45. The topological polar surface area (TPSA) is 40.5 Å². The van der Waals surface area contributed by atoms with E-state index < -0.39 is 0 Å². The Hall–Kier alpha value is -1.19. The number of hydroxylamine groups is 2. The van der Waals surface area contributed by atoms with E-state index in [1.54, 1.807) is 0 Å². The molecule has 3 nitrogen and oxygen atoms in total. The first-order chi connectivity index (χ1) is 7.77. The second-order valence-electron chi connectivity index (χ2n) is 4.31. The molecule has 1 heterocycles. The first kappa shape index (κ1) is 11.3. The second kappa shape index (κ2) is 5.23. The number of nitrogens with zero attached hydrogens (tertiary/aromatic N) is 1. The number of Topliss-reactive ketones (excluding diaryl/α,β-unsaturated/α-hetero) is 1. The van der Waals surface area contributed by atoms with E-state index in [0.29, 0.717) is 13.0 Å². The second-order valence-corrected chi connectivity index (χ2v) is 4.31. The van der Waals surface area contributed by atoms with Crippen LogP contribution in [0.15, 0.2) is 30.3 Å². The predicted molar refractivity (Wildman–Crippen MR) is 61.5 cm³/mol. The molecule has 0 spiro atoms. The van der Waals surface area contributed by atoms with Crippen molar-refractivity contribution in [1.29, 1.82) is 0 Å². The lowest BCUT2D eigenvalue weighted by molar-refractivity contribution is -0.140. The summed E-state index contributed by atoms with van der Waals surface area (Å²) in [5.74, 6) is 0.117. The van der Waals surface area contributed by atoms with Gasteiger partial charge in [-0.25, -0.2) is 0 Å². The van der Waals surface area contributed by atoms with Crippen molar-refractivity contribution in [3.05, 3.63) is 35.9 Å². The Labute approximate surface area is 95.6 Å². The number of carbonyl (C=O) groups excluding carboxylic acids is 1. The van der Waals surface area contributed by atoms with Gasteiger partial charge in [-0.05, 0) is 12.8 Å². The van der Waals surface area contributed by atoms with E-state index >= 15 is 0 Å². The number of benzene rings is 1. The molecule has 0 unspecified atom stereocenters. The number of hydrogen-bond acceptors (Lipinski definition) is 3. The zero-order valence-electron chi connectivity index (χ0n) is 9.30. The summed E-state index contributed by atoms with van der Waals surface area (Å²) in [5.41, 5.74) is 0.737. The summed E-state index contributed by atoms with van der Waals surface area (Å²) in [5, 5.41) is 11.0. The number of carbonyl (C=O) groups is 1. The van der Waals surface area contributed by atoms with Gasteiger partial charge in [0.1, 0.15) is 0 Å². The van der Waals surface area contributed by atoms with E-state index in [1.165, 1.54) is 5.06 Å². The van der Waals surface area contributed by atoms with Gasteiger partial charge in [-0.3, -0.25) is 4.79 Å². The fourth-order valence-corrected chi connectivity index (χ4v) is 2.15. The van der Waals surface area contributed by atoms with E-state index in [-0.39, 0.29) is 11.8 Å².